The monoisotopic (exact) mass is 379 g/mol. The Hall–Kier alpha value is -2.43. The number of carbonyl (C=O) groups excluding carboxylic acids is 2. The van der Waals surface area contributed by atoms with Gasteiger partial charge in [0.1, 0.15) is 0 Å². The van der Waals surface area contributed by atoms with Gasteiger partial charge < -0.3 is 9.80 Å². The van der Waals surface area contributed by atoms with Crippen molar-refractivity contribution in [2.75, 3.05) is 20.6 Å². The molecule has 0 radical (unpaired) electrons. The summed E-state index contributed by atoms with van der Waals surface area (Å²) in [5.74, 6) is 1.20. The van der Waals surface area contributed by atoms with E-state index in [1.807, 2.05) is 36.9 Å². The van der Waals surface area contributed by atoms with Crippen LogP contribution in [0.3, 0.4) is 0 Å². The molecule has 5 nitrogen and oxygen atoms in total. The number of hydrogen-bond acceptors (Lipinski definition) is 3. The minimum absolute atomic E-state index is 0.0591. The lowest BCUT2D eigenvalue weighted by Crippen LogP contribution is -2.40. The third-order valence-electron chi connectivity index (χ3n) is 6.66. The highest BCUT2D eigenvalue weighted by Crippen LogP contribution is 2.40. The molecule has 1 aliphatic heterocycles. The Bertz CT molecular complexity index is 968. The van der Waals surface area contributed by atoms with Crippen molar-refractivity contribution in [3.05, 3.63) is 40.6 Å². The number of aryl methyl sites for hydroxylation is 3. The molecule has 0 unspecified atom stereocenters. The first-order valence-electron chi connectivity index (χ1n) is 10.1. The maximum absolute atomic E-state index is 13.5. The average Bonchev–Trinajstić information content (AvgIpc) is 3.03. The van der Waals surface area contributed by atoms with E-state index in [2.05, 4.69) is 31.0 Å². The van der Waals surface area contributed by atoms with Crippen LogP contribution in [0.25, 0.3) is 10.9 Å². The lowest BCUT2D eigenvalue weighted by Gasteiger charge is -2.31. The van der Waals surface area contributed by atoms with Crippen molar-refractivity contribution in [2.24, 2.45) is 11.8 Å². The summed E-state index contributed by atoms with van der Waals surface area (Å²) in [6, 6.07) is 6.29. The molecular formula is C23H29N3O2. The van der Waals surface area contributed by atoms with Crippen LogP contribution in [-0.4, -0.2) is 53.3 Å². The normalized spacial score (nSPS) is 24.5. The highest BCUT2D eigenvalue weighted by atomic mass is 16.2. The van der Waals surface area contributed by atoms with E-state index in [0.717, 1.165) is 52.7 Å². The summed E-state index contributed by atoms with van der Waals surface area (Å²) in [6.07, 6.45) is 2.52. The number of likely N-dealkylation sites (tertiary alicyclic amines) is 1. The van der Waals surface area contributed by atoms with Gasteiger partial charge >= 0.3 is 0 Å². The number of nitrogens with zero attached hydrogens (tertiary/aromatic N) is 3. The van der Waals surface area contributed by atoms with Gasteiger partial charge in [-0.25, -0.2) is 0 Å². The van der Waals surface area contributed by atoms with Gasteiger partial charge in [0, 0.05) is 44.2 Å². The van der Waals surface area contributed by atoms with E-state index in [0.29, 0.717) is 18.3 Å². The molecule has 1 saturated carbocycles. The highest BCUT2D eigenvalue weighted by Gasteiger charge is 2.42. The Kier molecular flexibility index (Phi) is 4.64. The summed E-state index contributed by atoms with van der Waals surface area (Å²) < 4.78 is 0. The zero-order chi connectivity index (χ0) is 20.2. The van der Waals surface area contributed by atoms with E-state index in [1.54, 1.807) is 0 Å². The smallest absolute Gasteiger partial charge is 0.254 e. The molecule has 5 heteroatoms. The van der Waals surface area contributed by atoms with Crippen LogP contribution in [-0.2, 0) is 4.79 Å². The number of fused-ring (bicyclic) bond motifs is 2. The van der Waals surface area contributed by atoms with Gasteiger partial charge in [0.15, 0.2) is 0 Å². The molecule has 2 fully saturated rings. The van der Waals surface area contributed by atoms with Crippen LogP contribution in [0.1, 0.15) is 46.4 Å². The van der Waals surface area contributed by atoms with Gasteiger partial charge in [0.05, 0.1) is 11.1 Å². The van der Waals surface area contributed by atoms with Crippen LogP contribution in [0.4, 0.5) is 0 Å². The Morgan fingerprint density at radius 3 is 2.61 bits per heavy atom. The van der Waals surface area contributed by atoms with Crippen molar-refractivity contribution in [2.45, 2.75) is 46.1 Å². The van der Waals surface area contributed by atoms with E-state index in [1.165, 1.54) is 0 Å². The summed E-state index contributed by atoms with van der Waals surface area (Å²) in [7, 11) is 3.80. The molecule has 0 bridgehead atoms. The second-order valence-corrected chi connectivity index (χ2v) is 8.83. The van der Waals surface area contributed by atoms with Gasteiger partial charge in [0.25, 0.3) is 5.91 Å². The van der Waals surface area contributed by atoms with Crippen molar-refractivity contribution in [1.29, 1.82) is 0 Å². The second-order valence-electron chi connectivity index (χ2n) is 8.83. The van der Waals surface area contributed by atoms with Crippen molar-refractivity contribution in [1.82, 2.24) is 14.8 Å². The summed E-state index contributed by atoms with van der Waals surface area (Å²) in [6.45, 7) is 6.87. The van der Waals surface area contributed by atoms with Crippen molar-refractivity contribution >= 4 is 22.7 Å². The van der Waals surface area contributed by atoms with Crippen LogP contribution in [0, 0.1) is 32.6 Å². The summed E-state index contributed by atoms with van der Waals surface area (Å²) in [4.78, 5) is 34.0. The molecule has 1 aliphatic carbocycles. The summed E-state index contributed by atoms with van der Waals surface area (Å²) in [5, 5.41) is 0.935. The maximum atomic E-state index is 13.5. The molecule has 0 spiro atoms. The van der Waals surface area contributed by atoms with E-state index in [4.69, 9.17) is 0 Å². The second kappa shape index (κ2) is 6.87. The Balaban J connectivity index is 1.64. The molecule has 2 aliphatic rings. The van der Waals surface area contributed by atoms with Gasteiger partial charge in [-0.05, 0) is 63.1 Å². The molecule has 1 saturated heterocycles. The fourth-order valence-electron chi connectivity index (χ4n) is 5.15. The van der Waals surface area contributed by atoms with E-state index >= 15 is 0 Å². The number of amides is 2. The largest absolute Gasteiger partial charge is 0.345 e. The molecule has 28 heavy (non-hydrogen) atoms. The van der Waals surface area contributed by atoms with E-state index in [9.17, 15) is 9.59 Å². The zero-order valence-electron chi connectivity index (χ0n) is 17.5. The maximum Gasteiger partial charge on any atom is 0.254 e. The standard InChI is InChI=1S/C23H29N3O2/c1-13-6-14(2)22-19(7-13)20(8-15(3)24-22)23(28)26(5)18-9-16-11-21(27)25(4)12-17(16)10-18/h6-8,16-18H,9-12H2,1-5H3/t16-,17+,18-/m1/s1. The molecule has 148 valence electrons. The zero-order valence-corrected chi connectivity index (χ0v) is 17.5. The number of carbonyl (C=O) groups is 2. The van der Waals surface area contributed by atoms with E-state index in [-0.39, 0.29) is 17.9 Å². The summed E-state index contributed by atoms with van der Waals surface area (Å²) in [5.41, 5.74) is 4.75. The van der Waals surface area contributed by atoms with Gasteiger partial charge in [-0.3, -0.25) is 14.6 Å². The first kappa shape index (κ1) is 18.9. The number of rotatable bonds is 2. The van der Waals surface area contributed by atoms with Gasteiger partial charge in [0.2, 0.25) is 5.91 Å². The first-order valence-corrected chi connectivity index (χ1v) is 10.1. The van der Waals surface area contributed by atoms with E-state index < -0.39 is 0 Å². The third kappa shape index (κ3) is 3.17. The van der Waals surface area contributed by atoms with Crippen LogP contribution < -0.4 is 0 Å². The Morgan fingerprint density at radius 2 is 1.86 bits per heavy atom. The average molecular weight is 380 g/mol. The Labute approximate surface area is 166 Å². The first-order chi connectivity index (χ1) is 13.2. The number of piperidine rings is 1. The molecule has 3 atom stereocenters. The molecule has 2 amide bonds. The number of benzene rings is 1. The fraction of sp³-hybridized carbons (Fsp3) is 0.522. The predicted molar refractivity (Wildman–Crippen MR) is 110 cm³/mol. The fourth-order valence-corrected chi connectivity index (χ4v) is 5.15. The lowest BCUT2D eigenvalue weighted by atomic mass is 9.88. The minimum Gasteiger partial charge on any atom is -0.345 e. The van der Waals surface area contributed by atoms with Crippen molar-refractivity contribution in [3.63, 3.8) is 0 Å². The van der Waals surface area contributed by atoms with Gasteiger partial charge in [-0.2, -0.15) is 0 Å². The number of aromatic nitrogens is 1. The van der Waals surface area contributed by atoms with Crippen LogP contribution in [0.15, 0.2) is 18.2 Å². The molecule has 4 rings (SSSR count). The van der Waals surface area contributed by atoms with Gasteiger partial charge in [-0.1, -0.05) is 11.6 Å². The molecule has 1 aromatic heterocycles. The quantitative estimate of drug-likeness (QED) is 0.803. The molecule has 2 heterocycles. The molecular weight excluding hydrogens is 350 g/mol. The lowest BCUT2D eigenvalue weighted by molar-refractivity contribution is -0.134. The van der Waals surface area contributed by atoms with Crippen molar-refractivity contribution < 1.29 is 9.59 Å². The van der Waals surface area contributed by atoms with Crippen LogP contribution in [0.5, 0.6) is 0 Å². The topological polar surface area (TPSA) is 53.5 Å². The Morgan fingerprint density at radius 1 is 1.14 bits per heavy atom. The van der Waals surface area contributed by atoms with Crippen molar-refractivity contribution in [3.8, 4) is 0 Å². The molecule has 1 aromatic carbocycles. The SMILES string of the molecule is Cc1cc(C)c2nc(C)cc(C(=O)N(C)[C@@H]3C[C@@H]4CC(=O)N(C)C[C@@H]4C3)c2c1. The van der Waals surface area contributed by atoms with Gasteiger partial charge in [-0.15, -0.1) is 0 Å². The summed E-state index contributed by atoms with van der Waals surface area (Å²) >= 11 is 0. The predicted octanol–water partition coefficient (Wildman–Crippen LogP) is 3.49. The molecule has 0 N–H and O–H groups in total. The van der Waals surface area contributed by atoms with Crippen LogP contribution >= 0.6 is 0 Å². The third-order valence-corrected chi connectivity index (χ3v) is 6.66. The molecule has 2 aromatic rings. The number of hydrogen-bond donors (Lipinski definition) is 0. The number of pyridine rings is 1. The minimum atomic E-state index is 0.0591. The highest BCUT2D eigenvalue weighted by molar-refractivity contribution is 6.07. The van der Waals surface area contributed by atoms with Crippen LogP contribution in [0.2, 0.25) is 0 Å².